The van der Waals surface area contributed by atoms with Gasteiger partial charge in [0.15, 0.2) is 0 Å². The van der Waals surface area contributed by atoms with Crippen molar-refractivity contribution < 1.29 is 23.9 Å². The van der Waals surface area contributed by atoms with Gasteiger partial charge in [-0.3, -0.25) is 9.79 Å². The molecule has 0 bridgehead atoms. The summed E-state index contributed by atoms with van der Waals surface area (Å²) in [6, 6.07) is 20.9. The van der Waals surface area contributed by atoms with E-state index < -0.39 is 5.97 Å². The molecule has 9 nitrogen and oxygen atoms in total. The number of nitrogens with one attached hydrogen (secondary N) is 1. The summed E-state index contributed by atoms with van der Waals surface area (Å²) in [5, 5.41) is 3.27. The second-order valence-electron chi connectivity index (χ2n) is 7.79. The van der Waals surface area contributed by atoms with Gasteiger partial charge in [-0.05, 0) is 66.9 Å². The molecule has 3 rings (SSSR count). The predicted molar refractivity (Wildman–Crippen MR) is 144 cm³/mol. The molecule has 0 radical (unpaired) electrons. The van der Waals surface area contributed by atoms with Crippen LogP contribution in [0.5, 0.6) is 11.5 Å². The van der Waals surface area contributed by atoms with Crippen molar-refractivity contribution in [1.29, 1.82) is 0 Å². The number of carbonyl (C=O) groups is 3. The number of halogens is 1. The maximum atomic E-state index is 11.4. The van der Waals surface area contributed by atoms with E-state index in [2.05, 4.69) is 21.8 Å². The number of hydrogen-bond donors (Lipinski definition) is 1. The Hall–Kier alpha value is -4.37. The first kappa shape index (κ1) is 28.9. The maximum absolute atomic E-state index is 11.4. The first-order valence-electron chi connectivity index (χ1n) is 11.1. The topological polar surface area (TPSA) is 101 Å². The summed E-state index contributed by atoms with van der Waals surface area (Å²) in [5.74, 6) is 0.841. The smallest absolute Gasteiger partial charge is 0.337 e. The number of aliphatic imine (C=N–C) groups is 1. The second-order valence-corrected chi connectivity index (χ2v) is 8.22. The van der Waals surface area contributed by atoms with E-state index in [-0.39, 0.29) is 12.7 Å². The Labute approximate surface area is 221 Å². The minimum absolute atomic E-state index is 0.170. The van der Waals surface area contributed by atoms with Crippen molar-refractivity contribution in [3.63, 3.8) is 0 Å². The van der Waals surface area contributed by atoms with Gasteiger partial charge in [-0.15, -0.1) is 0 Å². The van der Waals surface area contributed by atoms with E-state index in [1.54, 1.807) is 74.8 Å². The summed E-state index contributed by atoms with van der Waals surface area (Å²) < 4.78 is 10.3. The van der Waals surface area contributed by atoms with Gasteiger partial charge in [0, 0.05) is 25.7 Å². The number of amides is 3. The van der Waals surface area contributed by atoms with Crippen LogP contribution in [0.3, 0.4) is 0 Å². The zero-order valence-electron chi connectivity index (χ0n) is 20.9. The molecule has 0 saturated heterocycles. The van der Waals surface area contributed by atoms with E-state index in [1.165, 1.54) is 16.9 Å². The van der Waals surface area contributed by atoms with E-state index in [0.717, 1.165) is 11.3 Å². The SMILES string of the molecule is C=Nc1ccc(Oc2cccc(C(=O)OC)c2)cc1.CN(C)C(=O)NCN(C=O)Cc1ccc(Cl)cc1. The lowest BCUT2D eigenvalue weighted by molar-refractivity contribution is -0.118. The number of carbonyl (C=O) groups excluding carboxylic acids is 3. The molecular weight excluding hydrogens is 496 g/mol. The van der Waals surface area contributed by atoms with E-state index in [0.29, 0.717) is 35.0 Å². The Kier molecular flexibility index (Phi) is 11.6. The quantitative estimate of drug-likeness (QED) is 0.181. The van der Waals surface area contributed by atoms with Crippen molar-refractivity contribution >= 4 is 42.4 Å². The third-order valence-electron chi connectivity index (χ3n) is 4.80. The molecule has 1 N–H and O–H groups in total. The molecule has 37 heavy (non-hydrogen) atoms. The second kappa shape index (κ2) is 14.9. The zero-order valence-corrected chi connectivity index (χ0v) is 21.6. The number of ether oxygens (including phenoxy) is 2. The van der Waals surface area contributed by atoms with Gasteiger partial charge in [0.05, 0.1) is 25.0 Å². The Morgan fingerprint density at radius 2 is 1.70 bits per heavy atom. The number of esters is 1. The number of methoxy groups -OCH3 is 1. The fourth-order valence-electron chi connectivity index (χ4n) is 2.84. The average Bonchev–Trinajstić information content (AvgIpc) is 2.92. The summed E-state index contributed by atoms with van der Waals surface area (Å²) in [6.07, 6.45) is 0.699. The highest BCUT2D eigenvalue weighted by molar-refractivity contribution is 6.30. The molecule has 0 fully saturated rings. The largest absolute Gasteiger partial charge is 0.465 e. The molecule has 0 unspecified atom stereocenters. The van der Waals surface area contributed by atoms with Crippen molar-refractivity contribution in [2.24, 2.45) is 4.99 Å². The number of nitrogens with zero attached hydrogens (tertiary/aromatic N) is 3. The van der Waals surface area contributed by atoms with Gasteiger partial charge in [0.25, 0.3) is 0 Å². The molecule has 3 aromatic rings. The molecule has 0 aromatic heterocycles. The standard InChI is InChI=1S/C15H13NO3.C12H16ClN3O2/c1-16-12-6-8-13(9-7-12)19-14-5-3-4-11(10-14)15(17)18-2;1-15(2)12(18)14-8-16(9-17)7-10-3-5-11(13)6-4-10/h3-10H,1H2,2H3;3-6,9H,7-8H2,1-2H3,(H,14,18). The summed E-state index contributed by atoms with van der Waals surface area (Å²) >= 11 is 5.77. The minimum Gasteiger partial charge on any atom is -0.465 e. The van der Waals surface area contributed by atoms with Crippen molar-refractivity contribution in [2.75, 3.05) is 27.9 Å². The van der Waals surface area contributed by atoms with Crippen LogP contribution in [0.1, 0.15) is 15.9 Å². The highest BCUT2D eigenvalue weighted by Gasteiger charge is 2.08. The Bertz CT molecular complexity index is 1180. The van der Waals surface area contributed by atoms with E-state index >= 15 is 0 Å². The number of rotatable bonds is 9. The normalized spacial score (nSPS) is 9.73. The monoisotopic (exact) mass is 524 g/mol. The third kappa shape index (κ3) is 10.0. The van der Waals surface area contributed by atoms with Crippen LogP contribution >= 0.6 is 11.6 Å². The van der Waals surface area contributed by atoms with E-state index in [4.69, 9.17) is 16.3 Å². The van der Waals surface area contributed by atoms with Gasteiger partial charge in [-0.1, -0.05) is 29.8 Å². The molecule has 3 aromatic carbocycles. The molecule has 194 valence electrons. The lowest BCUT2D eigenvalue weighted by atomic mass is 10.2. The first-order chi connectivity index (χ1) is 17.7. The molecular formula is C27H29ClN4O5. The number of benzene rings is 3. The zero-order chi connectivity index (χ0) is 27.2. The van der Waals surface area contributed by atoms with Crippen molar-refractivity contribution in [3.05, 3.63) is 88.9 Å². The fraction of sp³-hybridized carbons (Fsp3) is 0.185. The van der Waals surface area contributed by atoms with Crippen LogP contribution in [0, 0.1) is 0 Å². The van der Waals surface area contributed by atoms with Crippen LogP contribution in [-0.2, 0) is 16.1 Å². The highest BCUT2D eigenvalue weighted by Crippen LogP contribution is 2.24. The van der Waals surface area contributed by atoms with E-state index in [9.17, 15) is 14.4 Å². The van der Waals surface area contributed by atoms with Crippen molar-refractivity contribution in [3.8, 4) is 11.5 Å². The summed E-state index contributed by atoms with van der Waals surface area (Å²) in [4.78, 5) is 40.3. The average molecular weight is 525 g/mol. The van der Waals surface area contributed by atoms with Gasteiger partial charge in [-0.25, -0.2) is 9.59 Å². The fourth-order valence-corrected chi connectivity index (χ4v) is 2.97. The summed E-state index contributed by atoms with van der Waals surface area (Å²) in [6.45, 7) is 4.04. The molecule has 10 heteroatoms. The Balaban J connectivity index is 0.000000261. The molecule has 0 heterocycles. The molecule has 0 aliphatic carbocycles. The summed E-state index contributed by atoms with van der Waals surface area (Å²) in [5.41, 5.74) is 2.17. The van der Waals surface area contributed by atoms with E-state index in [1.807, 2.05) is 12.1 Å². The molecule has 0 aliphatic heterocycles. The highest BCUT2D eigenvalue weighted by atomic mass is 35.5. The lowest BCUT2D eigenvalue weighted by Gasteiger charge is -2.20. The Morgan fingerprint density at radius 1 is 1.03 bits per heavy atom. The number of hydrogen-bond acceptors (Lipinski definition) is 6. The molecule has 3 amide bonds. The van der Waals surface area contributed by atoms with Crippen LogP contribution in [0.15, 0.2) is 77.8 Å². The third-order valence-corrected chi connectivity index (χ3v) is 5.05. The van der Waals surface area contributed by atoms with Crippen LogP contribution in [-0.4, -0.2) is 62.8 Å². The van der Waals surface area contributed by atoms with Crippen LogP contribution in [0.2, 0.25) is 5.02 Å². The summed E-state index contributed by atoms with van der Waals surface area (Å²) in [7, 11) is 4.62. The molecule has 0 aliphatic rings. The van der Waals surface area contributed by atoms with Gasteiger partial charge < -0.3 is 24.6 Å². The molecule has 0 saturated carbocycles. The van der Waals surface area contributed by atoms with Crippen LogP contribution in [0.4, 0.5) is 10.5 Å². The lowest BCUT2D eigenvalue weighted by Crippen LogP contribution is -2.41. The van der Waals surface area contributed by atoms with Gasteiger partial charge in [0.1, 0.15) is 11.5 Å². The van der Waals surface area contributed by atoms with Gasteiger partial charge >= 0.3 is 12.0 Å². The van der Waals surface area contributed by atoms with Gasteiger partial charge in [-0.2, -0.15) is 0 Å². The first-order valence-corrected chi connectivity index (χ1v) is 11.5. The molecule has 0 spiro atoms. The predicted octanol–water partition coefficient (Wildman–Crippen LogP) is 5.12. The van der Waals surface area contributed by atoms with Crippen molar-refractivity contribution in [1.82, 2.24) is 15.1 Å². The van der Waals surface area contributed by atoms with Crippen LogP contribution < -0.4 is 10.1 Å². The van der Waals surface area contributed by atoms with Gasteiger partial charge in [0.2, 0.25) is 6.41 Å². The van der Waals surface area contributed by atoms with Crippen LogP contribution in [0.25, 0.3) is 0 Å². The molecule has 0 atom stereocenters. The maximum Gasteiger partial charge on any atom is 0.337 e. The number of urea groups is 1. The minimum atomic E-state index is -0.392. The van der Waals surface area contributed by atoms with Crippen molar-refractivity contribution in [2.45, 2.75) is 6.54 Å². The Morgan fingerprint density at radius 3 is 2.27 bits per heavy atom.